The maximum absolute atomic E-state index is 13.5. The Morgan fingerprint density at radius 3 is 2.51 bits per heavy atom. The molecule has 3 N–H and O–H groups in total. The van der Waals surface area contributed by atoms with Crippen molar-refractivity contribution in [3.05, 3.63) is 107 Å². The summed E-state index contributed by atoms with van der Waals surface area (Å²) in [5.41, 5.74) is 10.6. The topological polar surface area (TPSA) is 99.2 Å². The van der Waals surface area contributed by atoms with Crippen molar-refractivity contribution in [1.29, 1.82) is 0 Å². The number of aryl methyl sites for hydroxylation is 1. The lowest BCUT2D eigenvalue weighted by Crippen LogP contribution is -2.47. The van der Waals surface area contributed by atoms with E-state index in [4.69, 9.17) is 0 Å². The molecule has 1 atom stereocenters. The van der Waals surface area contributed by atoms with E-state index >= 15 is 0 Å². The van der Waals surface area contributed by atoms with Gasteiger partial charge in [-0.2, -0.15) is 0 Å². The minimum atomic E-state index is -0.492. The number of nitrogens with zero attached hydrogens (tertiary/aromatic N) is 2. The van der Waals surface area contributed by atoms with Crippen molar-refractivity contribution in [1.82, 2.24) is 25.3 Å². The molecule has 1 aliphatic rings. The number of carbonyl (C=O) groups is 3. The molecule has 0 spiro atoms. The summed E-state index contributed by atoms with van der Waals surface area (Å²) in [5.74, 6) is -1.18. The Kier molecular flexibility index (Phi) is 5.30. The van der Waals surface area contributed by atoms with Crippen LogP contribution in [-0.4, -0.2) is 38.7 Å². The van der Waals surface area contributed by atoms with Crippen LogP contribution in [0.5, 0.6) is 0 Å². The molecular weight excluding hydrogens is 466 g/mol. The molecule has 0 aliphatic carbocycles. The van der Waals surface area contributed by atoms with Crippen molar-refractivity contribution in [2.45, 2.75) is 13.0 Å². The molecule has 8 heteroatoms. The Morgan fingerprint density at radius 2 is 1.68 bits per heavy atom. The summed E-state index contributed by atoms with van der Waals surface area (Å²) in [6, 6.07) is 24.3. The quantitative estimate of drug-likeness (QED) is 0.332. The molecule has 3 aromatic carbocycles. The van der Waals surface area contributed by atoms with Crippen LogP contribution in [0.3, 0.4) is 0 Å². The van der Waals surface area contributed by atoms with Crippen LogP contribution >= 0.6 is 0 Å². The second-order valence-electron chi connectivity index (χ2n) is 9.27. The Morgan fingerprint density at radius 1 is 0.946 bits per heavy atom. The average Bonchev–Trinajstić information content (AvgIpc) is 3.55. The molecule has 0 radical (unpaired) electrons. The summed E-state index contributed by atoms with van der Waals surface area (Å²) in [6.07, 6.45) is 0. The zero-order valence-corrected chi connectivity index (χ0v) is 20.4. The van der Waals surface area contributed by atoms with Gasteiger partial charge >= 0.3 is 0 Å². The summed E-state index contributed by atoms with van der Waals surface area (Å²) in [5, 5.41) is 1.93. The number of nitrogens with one attached hydrogen (secondary N) is 3. The number of benzene rings is 3. The monoisotopic (exact) mass is 491 g/mol. The number of hydrogen-bond acceptors (Lipinski definition) is 3. The Bertz CT molecular complexity index is 1680. The molecule has 3 heterocycles. The third kappa shape index (κ3) is 3.65. The second-order valence-corrected chi connectivity index (χ2v) is 9.27. The molecule has 184 valence electrons. The molecule has 1 unspecified atom stereocenters. The van der Waals surface area contributed by atoms with E-state index in [-0.39, 0.29) is 12.5 Å². The highest BCUT2D eigenvalue weighted by molar-refractivity contribution is 6.03. The number of hydrazine groups is 1. The van der Waals surface area contributed by atoms with Crippen LogP contribution in [0.2, 0.25) is 0 Å². The normalized spacial score (nSPS) is 14.8. The van der Waals surface area contributed by atoms with Crippen LogP contribution in [0.1, 0.15) is 43.7 Å². The molecule has 0 fully saturated rings. The molecule has 2 aromatic heterocycles. The number of amides is 3. The number of hydrogen-bond donors (Lipinski definition) is 3. The minimum absolute atomic E-state index is 0.214. The largest absolute Gasteiger partial charge is 0.350 e. The van der Waals surface area contributed by atoms with Gasteiger partial charge in [0, 0.05) is 45.7 Å². The van der Waals surface area contributed by atoms with Crippen LogP contribution in [0.15, 0.2) is 78.9 Å². The van der Waals surface area contributed by atoms with Crippen molar-refractivity contribution < 1.29 is 14.4 Å². The van der Waals surface area contributed by atoms with Gasteiger partial charge in [-0.1, -0.05) is 54.6 Å². The number of fused-ring (bicyclic) bond motifs is 3. The summed E-state index contributed by atoms with van der Waals surface area (Å²) < 4.78 is 2.11. The van der Waals surface area contributed by atoms with E-state index in [2.05, 4.69) is 20.4 Å². The van der Waals surface area contributed by atoms with Crippen molar-refractivity contribution in [2.24, 2.45) is 7.05 Å². The van der Waals surface area contributed by atoms with Crippen molar-refractivity contribution >= 4 is 39.5 Å². The van der Waals surface area contributed by atoms with Gasteiger partial charge in [-0.3, -0.25) is 25.2 Å². The fraction of sp³-hybridized carbons (Fsp3) is 0.138. The predicted molar refractivity (Wildman–Crippen MR) is 141 cm³/mol. The summed E-state index contributed by atoms with van der Waals surface area (Å²) in [6.45, 7) is 1.81. The van der Waals surface area contributed by atoms with Crippen molar-refractivity contribution in [3.63, 3.8) is 0 Å². The van der Waals surface area contributed by atoms with Crippen molar-refractivity contribution in [2.75, 3.05) is 6.54 Å². The SMILES string of the molecule is Cc1c(C2c3ccccc3C(=O)N2CC(=O)NNC(=O)c2cc3ccccc3[nH]2)c2ccccc2n1C. The first-order valence-corrected chi connectivity index (χ1v) is 12.0. The highest BCUT2D eigenvalue weighted by Crippen LogP contribution is 2.43. The Labute approximate surface area is 212 Å². The van der Waals surface area contributed by atoms with E-state index in [0.717, 1.165) is 38.6 Å². The van der Waals surface area contributed by atoms with Crippen LogP contribution in [-0.2, 0) is 11.8 Å². The standard InChI is InChI=1S/C29H25N5O3/c1-17-26(21-12-6-8-14-24(21)33(17)2)27-19-10-4-5-11-20(19)29(37)34(27)16-25(35)31-32-28(36)23-15-18-9-3-7-13-22(18)30-23/h3-15,27,30H,16H2,1-2H3,(H,31,35)(H,32,36). The average molecular weight is 492 g/mol. The van der Waals surface area contributed by atoms with Gasteiger partial charge < -0.3 is 14.5 Å². The van der Waals surface area contributed by atoms with Gasteiger partial charge in [0.2, 0.25) is 0 Å². The van der Waals surface area contributed by atoms with Crippen LogP contribution in [0.25, 0.3) is 21.8 Å². The van der Waals surface area contributed by atoms with E-state index in [1.807, 2.05) is 80.7 Å². The molecule has 0 bridgehead atoms. The predicted octanol–water partition coefficient (Wildman–Crippen LogP) is 3.97. The third-order valence-electron chi connectivity index (χ3n) is 7.18. The molecular formula is C29H25N5O3. The number of carbonyl (C=O) groups excluding carboxylic acids is 3. The molecule has 0 saturated heterocycles. The smallest absolute Gasteiger partial charge is 0.286 e. The van der Waals surface area contributed by atoms with Crippen LogP contribution in [0, 0.1) is 6.92 Å². The minimum Gasteiger partial charge on any atom is -0.350 e. The summed E-state index contributed by atoms with van der Waals surface area (Å²) in [4.78, 5) is 43.7. The molecule has 37 heavy (non-hydrogen) atoms. The van der Waals surface area contributed by atoms with Crippen molar-refractivity contribution in [3.8, 4) is 0 Å². The van der Waals surface area contributed by atoms with Gasteiger partial charge in [-0.25, -0.2) is 0 Å². The first-order valence-electron chi connectivity index (χ1n) is 12.0. The molecule has 8 nitrogen and oxygen atoms in total. The van der Waals surface area contributed by atoms with Gasteiger partial charge in [-0.05, 0) is 36.8 Å². The zero-order chi connectivity index (χ0) is 25.7. The van der Waals surface area contributed by atoms with Gasteiger partial charge in [0.05, 0.1) is 6.04 Å². The Hall–Kier alpha value is -4.85. The summed E-state index contributed by atoms with van der Waals surface area (Å²) >= 11 is 0. The fourth-order valence-electron chi connectivity index (χ4n) is 5.32. The van der Waals surface area contributed by atoms with Crippen LogP contribution < -0.4 is 10.9 Å². The maximum atomic E-state index is 13.5. The zero-order valence-electron chi connectivity index (χ0n) is 20.4. The van der Waals surface area contributed by atoms with Crippen LogP contribution in [0.4, 0.5) is 0 Å². The van der Waals surface area contributed by atoms with E-state index in [1.165, 1.54) is 0 Å². The summed E-state index contributed by atoms with van der Waals surface area (Å²) in [7, 11) is 2.00. The highest BCUT2D eigenvalue weighted by Gasteiger charge is 2.40. The Balaban J connectivity index is 1.27. The molecule has 3 amide bonds. The fourth-order valence-corrected chi connectivity index (χ4v) is 5.32. The van der Waals surface area contributed by atoms with E-state index in [9.17, 15) is 14.4 Å². The number of aromatic nitrogens is 2. The molecule has 6 rings (SSSR count). The van der Waals surface area contributed by atoms with Gasteiger partial charge in [0.25, 0.3) is 17.7 Å². The lowest BCUT2D eigenvalue weighted by atomic mass is 9.95. The lowest BCUT2D eigenvalue weighted by Gasteiger charge is -2.26. The first-order chi connectivity index (χ1) is 17.9. The molecule has 0 saturated carbocycles. The van der Waals surface area contributed by atoms with Gasteiger partial charge in [0.15, 0.2) is 0 Å². The van der Waals surface area contributed by atoms with Gasteiger partial charge in [0.1, 0.15) is 12.2 Å². The van der Waals surface area contributed by atoms with E-state index in [1.54, 1.807) is 17.0 Å². The number of H-pyrrole nitrogens is 1. The highest BCUT2D eigenvalue weighted by atomic mass is 16.2. The van der Waals surface area contributed by atoms with E-state index < -0.39 is 17.9 Å². The molecule has 5 aromatic rings. The molecule has 1 aliphatic heterocycles. The number of aromatic amines is 1. The third-order valence-corrected chi connectivity index (χ3v) is 7.18. The number of rotatable bonds is 4. The van der Waals surface area contributed by atoms with Gasteiger partial charge in [-0.15, -0.1) is 0 Å². The first kappa shape index (κ1) is 22.6. The lowest BCUT2D eigenvalue weighted by molar-refractivity contribution is -0.122. The maximum Gasteiger partial charge on any atom is 0.286 e. The van der Waals surface area contributed by atoms with E-state index in [0.29, 0.717) is 11.3 Å². The number of para-hydroxylation sites is 2. The second kappa shape index (κ2) is 8.67.